The molecule has 0 bridgehead atoms. The minimum Gasteiger partial charge on any atom is -0.398 e. The van der Waals surface area contributed by atoms with Gasteiger partial charge < -0.3 is 10.8 Å². The van der Waals surface area contributed by atoms with Crippen molar-refractivity contribution in [3.8, 4) is 0 Å². The molecular formula is C14H22N2O3S. The van der Waals surface area contributed by atoms with Crippen LogP contribution in [0.4, 0.5) is 5.69 Å². The number of rotatable bonds is 2. The number of sulfonamides is 1. The molecule has 0 radical (unpaired) electrons. The van der Waals surface area contributed by atoms with Crippen LogP contribution >= 0.6 is 0 Å². The molecule has 1 saturated heterocycles. The first-order valence-corrected chi connectivity index (χ1v) is 8.25. The monoisotopic (exact) mass is 298 g/mol. The van der Waals surface area contributed by atoms with Gasteiger partial charge in [0, 0.05) is 18.8 Å². The van der Waals surface area contributed by atoms with Gasteiger partial charge in [-0.1, -0.05) is 6.07 Å². The number of anilines is 1. The fourth-order valence-corrected chi connectivity index (χ4v) is 3.92. The van der Waals surface area contributed by atoms with Crippen molar-refractivity contribution in [1.29, 1.82) is 0 Å². The lowest BCUT2D eigenvalue weighted by molar-refractivity contribution is 0.0465. The lowest BCUT2D eigenvalue weighted by Crippen LogP contribution is -2.33. The largest absolute Gasteiger partial charge is 0.398 e. The van der Waals surface area contributed by atoms with E-state index < -0.39 is 15.6 Å². The van der Waals surface area contributed by atoms with Crippen molar-refractivity contribution in [2.75, 3.05) is 18.8 Å². The maximum absolute atomic E-state index is 12.6. The standard InChI is InChI=1S/C14H22N2O3S/c1-11-4-5-12(10-13(11)15)20(18,19)16-8-3-6-14(2,17)7-9-16/h4-5,10,17H,3,6-9,15H2,1-2H3. The molecule has 1 atom stereocenters. The molecule has 6 heteroatoms. The topological polar surface area (TPSA) is 83.6 Å². The van der Waals surface area contributed by atoms with Crippen LogP contribution in [0.1, 0.15) is 31.7 Å². The fraction of sp³-hybridized carbons (Fsp3) is 0.571. The molecule has 1 aromatic carbocycles. The average Bonchev–Trinajstić information content (AvgIpc) is 2.54. The molecule has 1 aliphatic rings. The summed E-state index contributed by atoms with van der Waals surface area (Å²) in [5.74, 6) is 0. The van der Waals surface area contributed by atoms with E-state index in [-0.39, 0.29) is 4.90 Å². The van der Waals surface area contributed by atoms with Crippen LogP contribution in [0.3, 0.4) is 0 Å². The van der Waals surface area contributed by atoms with Gasteiger partial charge in [-0.3, -0.25) is 0 Å². The second-order valence-corrected chi connectivity index (χ2v) is 7.71. The normalized spacial score (nSPS) is 25.4. The van der Waals surface area contributed by atoms with E-state index in [1.54, 1.807) is 19.1 Å². The van der Waals surface area contributed by atoms with Crippen molar-refractivity contribution in [3.05, 3.63) is 23.8 Å². The first-order chi connectivity index (χ1) is 9.22. The van der Waals surface area contributed by atoms with Crippen LogP contribution in [0.2, 0.25) is 0 Å². The molecule has 1 fully saturated rings. The highest BCUT2D eigenvalue weighted by molar-refractivity contribution is 7.89. The molecule has 20 heavy (non-hydrogen) atoms. The van der Waals surface area contributed by atoms with Crippen LogP contribution in [0.25, 0.3) is 0 Å². The summed E-state index contributed by atoms with van der Waals surface area (Å²) in [7, 11) is -3.53. The summed E-state index contributed by atoms with van der Waals surface area (Å²) < 4.78 is 26.6. The van der Waals surface area contributed by atoms with Crippen molar-refractivity contribution >= 4 is 15.7 Å². The van der Waals surface area contributed by atoms with E-state index in [4.69, 9.17) is 5.73 Å². The molecule has 0 spiro atoms. The third kappa shape index (κ3) is 3.13. The summed E-state index contributed by atoms with van der Waals surface area (Å²) in [6, 6.07) is 4.81. The van der Waals surface area contributed by atoms with Crippen molar-refractivity contribution in [2.45, 2.75) is 43.6 Å². The molecule has 112 valence electrons. The predicted molar refractivity (Wildman–Crippen MR) is 78.8 cm³/mol. The Bertz CT molecular complexity index is 596. The third-order valence-corrected chi connectivity index (χ3v) is 5.81. The van der Waals surface area contributed by atoms with E-state index in [1.165, 1.54) is 10.4 Å². The first-order valence-electron chi connectivity index (χ1n) is 6.81. The Morgan fingerprint density at radius 1 is 1.30 bits per heavy atom. The van der Waals surface area contributed by atoms with Gasteiger partial charge in [0.1, 0.15) is 0 Å². The number of aliphatic hydroxyl groups is 1. The molecular weight excluding hydrogens is 276 g/mol. The smallest absolute Gasteiger partial charge is 0.243 e. The number of nitrogen functional groups attached to an aromatic ring is 1. The Morgan fingerprint density at radius 2 is 2.00 bits per heavy atom. The lowest BCUT2D eigenvalue weighted by atomic mass is 9.98. The third-order valence-electron chi connectivity index (χ3n) is 3.91. The molecule has 2 rings (SSSR count). The van der Waals surface area contributed by atoms with Gasteiger partial charge in [-0.25, -0.2) is 8.42 Å². The van der Waals surface area contributed by atoms with Gasteiger partial charge in [-0.15, -0.1) is 0 Å². The summed E-state index contributed by atoms with van der Waals surface area (Å²) in [5.41, 5.74) is 6.36. The quantitative estimate of drug-likeness (QED) is 0.811. The Balaban J connectivity index is 2.28. The van der Waals surface area contributed by atoms with E-state index in [0.717, 1.165) is 5.56 Å². The zero-order valence-electron chi connectivity index (χ0n) is 12.0. The molecule has 0 aromatic heterocycles. The highest BCUT2D eigenvalue weighted by Gasteiger charge is 2.31. The van der Waals surface area contributed by atoms with Crippen LogP contribution in [0.5, 0.6) is 0 Å². The molecule has 5 nitrogen and oxygen atoms in total. The Hall–Kier alpha value is -1.11. The predicted octanol–water partition coefficient (Wildman–Crippen LogP) is 1.50. The lowest BCUT2D eigenvalue weighted by Gasteiger charge is -2.22. The highest BCUT2D eigenvalue weighted by atomic mass is 32.2. The van der Waals surface area contributed by atoms with E-state index in [2.05, 4.69) is 0 Å². The van der Waals surface area contributed by atoms with E-state index >= 15 is 0 Å². The Labute approximate surface area is 120 Å². The summed E-state index contributed by atoms with van der Waals surface area (Å²) in [5, 5.41) is 10.0. The van der Waals surface area contributed by atoms with E-state index in [0.29, 0.717) is 38.0 Å². The maximum Gasteiger partial charge on any atom is 0.243 e. The van der Waals surface area contributed by atoms with Crippen molar-refractivity contribution in [1.82, 2.24) is 4.31 Å². The molecule has 0 saturated carbocycles. The minimum absolute atomic E-state index is 0.224. The summed E-state index contributed by atoms with van der Waals surface area (Å²) >= 11 is 0. The Morgan fingerprint density at radius 3 is 2.65 bits per heavy atom. The average molecular weight is 298 g/mol. The second kappa shape index (κ2) is 5.35. The van der Waals surface area contributed by atoms with Crippen LogP contribution in [0, 0.1) is 6.92 Å². The zero-order valence-corrected chi connectivity index (χ0v) is 12.8. The fourth-order valence-electron chi connectivity index (χ4n) is 2.41. The molecule has 1 aliphatic heterocycles. The number of aryl methyl sites for hydroxylation is 1. The SMILES string of the molecule is Cc1ccc(S(=O)(=O)N2CCCC(C)(O)CC2)cc1N. The molecule has 0 amide bonds. The van der Waals surface area contributed by atoms with E-state index in [1.807, 2.05) is 6.92 Å². The zero-order chi connectivity index (χ0) is 15.0. The van der Waals surface area contributed by atoms with Crippen molar-refractivity contribution in [3.63, 3.8) is 0 Å². The molecule has 1 aromatic rings. The van der Waals surface area contributed by atoms with Gasteiger partial charge in [-0.2, -0.15) is 4.31 Å². The minimum atomic E-state index is -3.53. The molecule has 0 aliphatic carbocycles. The summed E-state index contributed by atoms with van der Waals surface area (Å²) in [6.07, 6.45) is 1.73. The van der Waals surface area contributed by atoms with Crippen LogP contribution < -0.4 is 5.73 Å². The first kappa shape index (κ1) is 15.3. The number of hydrogen-bond acceptors (Lipinski definition) is 4. The van der Waals surface area contributed by atoms with Gasteiger partial charge in [0.25, 0.3) is 0 Å². The number of nitrogens with two attached hydrogens (primary N) is 1. The van der Waals surface area contributed by atoms with Crippen molar-refractivity contribution < 1.29 is 13.5 Å². The molecule has 1 unspecified atom stereocenters. The van der Waals surface area contributed by atoms with Crippen LogP contribution in [-0.2, 0) is 10.0 Å². The van der Waals surface area contributed by atoms with E-state index in [9.17, 15) is 13.5 Å². The summed E-state index contributed by atoms with van der Waals surface area (Å²) in [4.78, 5) is 0.224. The van der Waals surface area contributed by atoms with Crippen LogP contribution in [0.15, 0.2) is 23.1 Å². The number of nitrogens with zero attached hydrogens (tertiary/aromatic N) is 1. The highest BCUT2D eigenvalue weighted by Crippen LogP contribution is 2.26. The van der Waals surface area contributed by atoms with Crippen LogP contribution in [-0.4, -0.2) is 36.5 Å². The van der Waals surface area contributed by atoms with Gasteiger partial charge in [-0.05, 0) is 50.8 Å². The number of hydrogen-bond donors (Lipinski definition) is 2. The Kier molecular flexibility index (Phi) is 4.09. The van der Waals surface area contributed by atoms with Gasteiger partial charge in [0.05, 0.1) is 10.5 Å². The molecule has 3 N–H and O–H groups in total. The van der Waals surface area contributed by atoms with Gasteiger partial charge in [0.15, 0.2) is 0 Å². The molecule has 1 heterocycles. The van der Waals surface area contributed by atoms with Gasteiger partial charge in [0.2, 0.25) is 10.0 Å². The maximum atomic E-state index is 12.6. The van der Waals surface area contributed by atoms with Crippen molar-refractivity contribution in [2.24, 2.45) is 0 Å². The number of benzene rings is 1. The second-order valence-electron chi connectivity index (χ2n) is 5.77. The van der Waals surface area contributed by atoms with Gasteiger partial charge >= 0.3 is 0 Å². The summed E-state index contributed by atoms with van der Waals surface area (Å²) in [6.45, 7) is 4.37.